The predicted octanol–water partition coefficient (Wildman–Crippen LogP) is 2.84. The smallest absolute Gasteiger partial charge is 0.168 e. The van der Waals surface area contributed by atoms with Crippen molar-refractivity contribution in [3.05, 3.63) is 11.9 Å². The third kappa shape index (κ3) is 6.01. The van der Waals surface area contributed by atoms with E-state index < -0.39 is 20.8 Å². The summed E-state index contributed by atoms with van der Waals surface area (Å²) in [7, 11) is -2.37. The fraction of sp³-hybridized carbons (Fsp3) is 0.600. The second-order valence-corrected chi connectivity index (χ2v) is 3.42. The fourth-order valence-electron chi connectivity index (χ4n) is 0.242. The molecule has 0 saturated heterocycles. The third-order valence-electron chi connectivity index (χ3n) is 0.657. The summed E-state index contributed by atoms with van der Waals surface area (Å²) >= 11 is 0. The van der Waals surface area contributed by atoms with Crippen LogP contribution in [0.1, 0.15) is 6.92 Å². The molecule has 0 saturated carbocycles. The Morgan fingerprint density at radius 2 is 2.09 bits per heavy atom. The molecule has 0 bridgehead atoms. The Kier molecular flexibility index (Phi) is 3.69. The maximum Gasteiger partial charge on any atom is 0.543 e. The number of allylic oxidation sites excluding steroid dienone is 1. The molecule has 1 atom stereocenters. The molecule has 0 aromatic rings. The predicted molar refractivity (Wildman–Crippen MR) is 34.4 cm³/mol. The van der Waals surface area contributed by atoms with Gasteiger partial charge in [0.05, 0.1) is 0 Å². The molecule has 0 aromatic carbocycles. The van der Waals surface area contributed by atoms with Gasteiger partial charge in [0.15, 0.2) is 11.9 Å². The lowest BCUT2D eigenvalue weighted by atomic mass is 10.7. The largest absolute Gasteiger partial charge is 0.543 e. The molecule has 0 radical (unpaired) electrons. The molecule has 1 unspecified atom stereocenters. The normalized spacial score (nSPS) is 12.9. The average molecular weight is 187 g/mol. The highest BCUT2D eigenvalue weighted by Crippen LogP contribution is 2.33. The lowest BCUT2D eigenvalue weighted by Crippen LogP contribution is -2.14. The van der Waals surface area contributed by atoms with Crippen LogP contribution < -0.4 is 0 Å². The van der Waals surface area contributed by atoms with E-state index in [-0.39, 0.29) is 5.31 Å². The molecule has 0 aliphatic heterocycles. The molecule has 0 aromatic heterocycles. The highest BCUT2D eigenvalue weighted by atomic mass is 31.1. The van der Waals surface area contributed by atoms with E-state index in [1.54, 1.807) is 0 Å². The molecular formula is C5H7F3O2P+. The first kappa shape index (κ1) is 10.6. The molecule has 0 aliphatic rings. The average Bonchev–Trinajstić information content (AvgIpc) is 1.80. The Morgan fingerprint density at radius 1 is 1.64 bits per heavy atom. The van der Waals surface area contributed by atoms with Crippen LogP contribution in [0.3, 0.4) is 0 Å². The summed E-state index contributed by atoms with van der Waals surface area (Å²) < 4.78 is 48.7. The zero-order valence-electron chi connectivity index (χ0n) is 5.81. The molecule has 0 rings (SSSR count). The van der Waals surface area contributed by atoms with Crippen molar-refractivity contribution in [1.29, 1.82) is 0 Å². The quantitative estimate of drug-likeness (QED) is 0.635. The molecule has 11 heavy (non-hydrogen) atoms. The molecule has 0 aliphatic carbocycles. The van der Waals surface area contributed by atoms with E-state index in [2.05, 4.69) is 11.1 Å². The molecule has 0 amide bonds. The van der Waals surface area contributed by atoms with Crippen LogP contribution in [0.4, 0.5) is 13.2 Å². The van der Waals surface area contributed by atoms with E-state index in [0.717, 1.165) is 0 Å². The standard InChI is InChI=1S/C5H7F3O2P/c1-4(2)11(9)10-3-5(6,7)8/h1,3H2,2H3/q+1. The minimum absolute atomic E-state index is 0.101. The fourth-order valence-corrected chi connectivity index (χ4v) is 0.726. The van der Waals surface area contributed by atoms with Crippen molar-refractivity contribution in [3.63, 3.8) is 0 Å². The molecule has 0 fully saturated rings. The Labute approximate surface area is 62.9 Å². The molecule has 64 valence electrons. The summed E-state index contributed by atoms with van der Waals surface area (Å²) in [5.41, 5.74) is 0. The van der Waals surface area contributed by atoms with Crippen molar-refractivity contribution in [2.45, 2.75) is 13.1 Å². The molecule has 0 heterocycles. The highest BCUT2D eigenvalue weighted by Gasteiger charge is 2.34. The first-order valence-corrected chi connectivity index (χ1v) is 3.83. The van der Waals surface area contributed by atoms with Gasteiger partial charge in [-0.05, 0) is 11.1 Å². The third-order valence-corrected chi connectivity index (χ3v) is 1.64. The summed E-state index contributed by atoms with van der Waals surface area (Å²) in [6, 6.07) is 0. The lowest BCUT2D eigenvalue weighted by Gasteiger charge is -1.98. The van der Waals surface area contributed by atoms with Crippen LogP contribution in [0.25, 0.3) is 0 Å². The van der Waals surface area contributed by atoms with Crippen molar-refractivity contribution < 1.29 is 22.3 Å². The van der Waals surface area contributed by atoms with E-state index in [1.807, 2.05) is 0 Å². The zero-order chi connectivity index (χ0) is 9.07. The maximum atomic E-state index is 11.4. The van der Waals surface area contributed by atoms with E-state index in [1.165, 1.54) is 6.92 Å². The van der Waals surface area contributed by atoms with Gasteiger partial charge in [-0.1, -0.05) is 0 Å². The van der Waals surface area contributed by atoms with Crippen LogP contribution >= 0.6 is 8.03 Å². The summed E-state index contributed by atoms with van der Waals surface area (Å²) in [4.78, 5) is 0. The van der Waals surface area contributed by atoms with Gasteiger partial charge < -0.3 is 0 Å². The van der Waals surface area contributed by atoms with E-state index in [9.17, 15) is 17.7 Å². The molecule has 2 nitrogen and oxygen atoms in total. The van der Waals surface area contributed by atoms with Crippen molar-refractivity contribution >= 4 is 8.03 Å². The first-order valence-electron chi connectivity index (χ1n) is 2.65. The van der Waals surface area contributed by atoms with Gasteiger partial charge in [-0.2, -0.15) is 13.2 Å². The molecule has 0 N–H and O–H groups in total. The Balaban J connectivity index is 3.73. The minimum Gasteiger partial charge on any atom is -0.168 e. The van der Waals surface area contributed by atoms with Crippen molar-refractivity contribution in [2.24, 2.45) is 0 Å². The maximum absolute atomic E-state index is 11.4. The van der Waals surface area contributed by atoms with Gasteiger partial charge in [-0.15, -0.1) is 4.52 Å². The number of hydrogen-bond donors (Lipinski definition) is 0. The van der Waals surface area contributed by atoms with Crippen molar-refractivity contribution in [3.8, 4) is 0 Å². The van der Waals surface area contributed by atoms with Crippen LogP contribution in [0.2, 0.25) is 0 Å². The summed E-state index contributed by atoms with van der Waals surface area (Å²) in [5, 5.41) is 0.101. The van der Waals surface area contributed by atoms with Crippen LogP contribution in [0, 0.1) is 0 Å². The van der Waals surface area contributed by atoms with Gasteiger partial charge in [0.25, 0.3) is 0 Å². The second kappa shape index (κ2) is 3.83. The minimum atomic E-state index is -4.43. The Hall–Kier alpha value is -0.410. The van der Waals surface area contributed by atoms with E-state index in [4.69, 9.17) is 0 Å². The molecule has 6 heteroatoms. The van der Waals surface area contributed by atoms with Crippen LogP contribution in [0.5, 0.6) is 0 Å². The zero-order valence-corrected chi connectivity index (χ0v) is 6.71. The highest BCUT2D eigenvalue weighted by molar-refractivity contribution is 7.44. The van der Waals surface area contributed by atoms with E-state index in [0.29, 0.717) is 0 Å². The lowest BCUT2D eigenvalue weighted by molar-refractivity contribution is -0.152. The van der Waals surface area contributed by atoms with Crippen LogP contribution in [0.15, 0.2) is 11.9 Å². The second-order valence-electron chi connectivity index (χ2n) is 1.88. The summed E-state index contributed by atoms with van der Waals surface area (Å²) in [6.07, 6.45) is -4.43. The first-order chi connectivity index (χ1) is 4.83. The number of halogens is 3. The van der Waals surface area contributed by atoms with Gasteiger partial charge in [0.1, 0.15) is 0 Å². The van der Waals surface area contributed by atoms with Crippen LogP contribution in [-0.2, 0) is 9.09 Å². The topological polar surface area (TPSA) is 26.3 Å². The van der Waals surface area contributed by atoms with Gasteiger partial charge in [-0.3, -0.25) is 0 Å². The molecular weight excluding hydrogens is 180 g/mol. The SMILES string of the molecule is C=C(C)[P+](=O)OCC(F)(F)F. The number of hydrogen-bond acceptors (Lipinski definition) is 2. The molecule has 0 spiro atoms. The van der Waals surface area contributed by atoms with Crippen molar-refractivity contribution in [2.75, 3.05) is 6.61 Å². The van der Waals surface area contributed by atoms with Gasteiger partial charge in [0, 0.05) is 6.92 Å². The van der Waals surface area contributed by atoms with Crippen LogP contribution in [-0.4, -0.2) is 12.8 Å². The number of alkyl halides is 3. The summed E-state index contributed by atoms with van der Waals surface area (Å²) in [6.45, 7) is 3.03. The Morgan fingerprint density at radius 3 is 2.36 bits per heavy atom. The van der Waals surface area contributed by atoms with Gasteiger partial charge >= 0.3 is 14.2 Å². The van der Waals surface area contributed by atoms with Crippen molar-refractivity contribution in [1.82, 2.24) is 0 Å². The van der Waals surface area contributed by atoms with Gasteiger partial charge in [-0.25, -0.2) is 0 Å². The number of rotatable bonds is 3. The Bertz CT molecular complexity index is 175. The van der Waals surface area contributed by atoms with Gasteiger partial charge in [0.2, 0.25) is 0 Å². The monoisotopic (exact) mass is 187 g/mol. The van der Waals surface area contributed by atoms with E-state index >= 15 is 0 Å². The summed E-state index contributed by atoms with van der Waals surface area (Å²) in [5.74, 6) is 0.